The second-order valence-electron chi connectivity index (χ2n) is 5.39. The zero-order valence-electron chi connectivity index (χ0n) is 13.1. The highest BCUT2D eigenvalue weighted by Crippen LogP contribution is 2.30. The van der Waals surface area contributed by atoms with E-state index in [1.807, 2.05) is 0 Å². The van der Waals surface area contributed by atoms with E-state index in [0.717, 1.165) is 0 Å². The Bertz CT molecular complexity index is 890. The molecule has 0 fully saturated rings. The summed E-state index contributed by atoms with van der Waals surface area (Å²) in [7, 11) is 0. The van der Waals surface area contributed by atoms with Crippen molar-refractivity contribution in [2.75, 3.05) is 10.3 Å². The van der Waals surface area contributed by atoms with Crippen LogP contribution in [0.3, 0.4) is 0 Å². The summed E-state index contributed by atoms with van der Waals surface area (Å²) >= 11 is 0. The fourth-order valence-electron chi connectivity index (χ4n) is 2.36. The summed E-state index contributed by atoms with van der Waals surface area (Å²) in [6, 6.07) is 8.31. The summed E-state index contributed by atoms with van der Waals surface area (Å²) in [5, 5.41) is 6.30. The van der Waals surface area contributed by atoms with Gasteiger partial charge in [0.25, 0.3) is 5.91 Å². The van der Waals surface area contributed by atoms with Crippen LogP contribution in [0.4, 0.5) is 28.9 Å². The first kappa shape index (κ1) is 17.6. The number of hydrazone groups is 1. The lowest BCUT2D eigenvalue weighted by atomic mass is 10.1. The summed E-state index contributed by atoms with van der Waals surface area (Å²) < 4.78 is 54.7. The largest absolute Gasteiger partial charge is 0.321 e. The third-order valence-corrected chi connectivity index (χ3v) is 3.63. The van der Waals surface area contributed by atoms with Gasteiger partial charge in [0.15, 0.2) is 23.3 Å². The lowest BCUT2D eigenvalue weighted by Gasteiger charge is -2.24. The van der Waals surface area contributed by atoms with Crippen LogP contribution in [0.5, 0.6) is 0 Å². The van der Waals surface area contributed by atoms with Crippen molar-refractivity contribution in [1.29, 1.82) is 0 Å². The molecule has 5 nitrogen and oxygen atoms in total. The fourth-order valence-corrected chi connectivity index (χ4v) is 2.36. The molecule has 134 valence electrons. The van der Waals surface area contributed by atoms with Crippen LogP contribution in [0.1, 0.15) is 12.8 Å². The van der Waals surface area contributed by atoms with Gasteiger partial charge in [-0.2, -0.15) is 10.1 Å². The Morgan fingerprint density at radius 2 is 1.62 bits per heavy atom. The van der Waals surface area contributed by atoms with Gasteiger partial charge in [-0.3, -0.25) is 9.59 Å². The van der Waals surface area contributed by atoms with Crippen molar-refractivity contribution in [2.45, 2.75) is 12.8 Å². The number of carbonyl (C=O) groups excluding carboxylic acids is 2. The number of carbonyl (C=O) groups is 2. The number of amides is 2. The molecule has 0 spiro atoms. The predicted molar refractivity (Wildman–Crippen MR) is 85.5 cm³/mol. The molecule has 0 bridgehead atoms. The minimum absolute atomic E-state index is 0.0231. The van der Waals surface area contributed by atoms with Crippen LogP contribution in [-0.4, -0.2) is 17.5 Å². The molecule has 1 aliphatic rings. The van der Waals surface area contributed by atoms with Crippen molar-refractivity contribution >= 4 is 28.9 Å². The van der Waals surface area contributed by atoms with E-state index in [1.165, 1.54) is 0 Å². The molecule has 0 atom stereocenters. The Hall–Kier alpha value is -3.23. The van der Waals surface area contributed by atoms with E-state index in [-0.39, 0.29) is 29.6 Å². The lowest BCUT2D eigenvalue weighted by Crippen LogP contribution is -2.37. The Morgan fingerprint density at radius 3 is 2.23 bits per heavy atom. The van der Waals surface area contributed by atoms with Crippen LogP contribution < -0.4 is 10.3 Å². The van der Waals surface area contributed by atoms with Crippen LogP contribution in [-0.2, 0) is 9.59 Å². The molecule has 1 heterocycles. The Balaban J connectivity index is 1.97. The fraction of sp³-hybridized carbons (Fsp3) is 0.118. The molecule has 0 radical (unpaired) electrons. The molecule has 2 amide bonds. The number of halogens is 4. The van der Waals surface area contributed by atoms with Crippen molar-refractivity contribution in [3.05, 3.63) is 59.7 Å². The quantitative estimate of drug-likeness (QED) is 0.670. The molecule has 26 heavy (non-hydrogen) atoms. The average molecular weight is 365 g/mol. The van der Waals surface area contributed by atoms with Gasteiger partial charge < -0.3 is 5.32 Å². The maximum absolute atomic E-state index is 13.9. The molecule has 2 aromatic carbocycles. The zero-order chi connectivity index (χ0) is 18.8. The van der Waals surface area contributed by atoms with Crippen molar-refractivity contribution in [1.82, 2.24) is 0 Å². The normalized spacial score (nSPS) is 14.2. The van der Waals surface area contributed by atoms with Crippen molar-refractivity contribution in [3.63, 3.8) is 0 Å². The minimum Gasteiger partial charge on any atom is -0.321 e. The molecule has 0 saturated carbocycles. The number of hydrogen-bond donors (Lipinski definition) is 1. The number of nitrogens with one attached hydrogen (secondary N) is 1. The number of para-hydroxylation sites is 1. The van der Waals surface area contributed by atoms with Crippen LogP contribution in [0.15, 0.2) is 41.5 Å². The van der Waals surface area contributed by atoms with Crippen molar-refractivity contribution in [3.8, 4) is 0 Å². The highest BCUT2D eigenvalue weighted by Gasteiger charge is 2.32. The molecule has 0 aliphatic carbocycles. The van der Waals surface area contributed by atoms with Gasteiger partial charge in [0.2, 0.25) is 5.91 Å². The highest BCUT2D eigenvalue weighted by atomic mass is 19.2. The molecule has 0 aromatic heterocycles. The summed E-state index contributed by atoms with van der Waals surface area (Å²) in [5.74, 6) is -8.50. The van der Waals surface area contributed by atoms with Crippen LogP contribution in [0.25, 0.3) is 0 Å². The van der Waals surface area contributed by atoms with Crippen LogP contribution in [0.2, 0.25) is 0 Å². The summed E-state index contributed by atoms with van der Waals surface area (Å²) in [6.45, 7) is 0. The third kappa shape index (κ3) is 3.28. The van der Waals surface area contributed by atoms with Gasteiger partial charge in [-0.25, -0.2) is 17.6 Å². The molecule has 3 rings (SSSR count). The molecule has 9 heteroatoms. The average Bonchev–Trinajstić information content (AvgIpc) is 2.62. The van der Waals surface area contributed by atoms with Gasteiger partial charge in [0.1, 0.15) is 11.4 Å². The van der Waals surface area contributed by atoms with E-state index < -0.39 is 40.8 Å². The Morgan fingerprint density at radius 1 is 1.00 bits per heavy atom. The molecule has 0 saturated heterocycles. The number of anilines is 2. The van der Waals surface area contributed by atoms with E-state index in [4.69, 9.17) is 0 Å². The van der Waals surface area contributed by atoms with Crippen LogP contribution >= 0.6 is 0 Å². The second-order valence-corrected chi connectivity index (χ2v) is 5.39. The van der Waals surface area contributed by atoms with Gasteiger partial charge in [-0.15, -0.1) is 0 Å². The molecule has 2 aromatic rings. The molecular formula is C17H11F4N3O2. The first-order valence-electron chi connectivity index (χ1n) is 7.48. The van der Waals surface area contributed by atoms with Crippen molar-refractivity contribution in [2.24, 2.45) is 5.10 Å². The Kier molecular flexibility index (Phi) is 4.70. The molecule has 0 unspecified atom stereocenters. The molecule has 1 N–H and O–H groups in total. The first-order valence-corrected chi connectivity index (χ1v) is 7.48. The predicted octanol–water partition coefficient (Wildman–Crippen LogP) is 3.36. The summed E-state index contributed by atoms with van der Waals surface area (Å²) in [4.78, 5) is 24.2. The van der Waals surface area contributed by atoms with Gasteiger partial charge in [0.05, 0.1) is 0 Å². The van der Waals surface area contributed by atoms with E-state index in [0.29, 0.717) is 5.69 Å². The standard InChI is InChI=1S/C17H11F4N3O2/c18-10-8-11(19)15(21)16(14(10)20)24-13(25)7-6-12(23-24)17(26)22-9-4-2-1-3-5-9/h1-5,8H,6-7H2,(H,22,26). The van der Waals surface area contributed by atoms with E-state index >= 15 is 0 Å². The monoisotopic (exact) mass is 365 g/mol. The highest BCUT2D eigenvalue weighted by molar-refractivity contribution is 6.44. The van der Waals surface area contributed by atoms with Crippen LogP contribution in [0, 0.1) is 23.3 Å². The smallest absolute Gasteiger partial charge is 0.271 e. The summed E-state index contributed by atoms with van der Waals surface area (Å²) in [6.07, 6.45) is -0.396. The number of nitrogens with zero attached hydrogens (tertiary/aromatic N) is 2. The van der Waals surface area contributed by atoms with Gasteiger partial charge in [0, 0.05) is 24.6 Å². The maximum Gasteiger partial charge on any atom is 0.271 e. The zero-order valence-corrected chi connectivity index (χ0v) is 13.1. The number of rotatable bonds is 3. The third-order valence-electron chi connectivity index (χ3n) is 3.63. The molecule has 1 aliphatic heterocycles. The minimum atomic E-state index is -1.77. The van der Waals surface area contributed by atoms with Crippen molar-refractivity contribution < 1.29 is 27.2 Å². The van der Waals surface area contributed by atoms with E-state index in [2.05, 4.69) is 10.4 Å². The van der Waals surface area contributed by atoms with Gasteiger partial charge in [-0.05, 0) is 12.1 Å². The van der Waals surface area contributed by atoms with Gasteiger partial charge >= 0.3 is 0 Å². The van der Waals surface area contributed by atoms with E-state index in [9.17, 15) is 27.2 Å². The van der Waals surface area contributed by atoms with E-state index in [1.54, 1.807) is 30.3 Å². The maximum atomic E-state index is 13.9. The Labute approximate surface area is 144 Å². The second kappa shape index (κ2) is 6.95. The van der Waals surface area contributed by atoms with Gasteiger partial charge in [-0.1, -0.05) is 18.2 Å². The first-order chi connectivity index (χ1) is 12.4. The lowest BCUT2D eigenvalue weighted by molar-refractivity contribution is -0.118. The SMILES string of the molecule is O=C(Nc1ccccc1)C1=NN(c2c(F)c(F)cc(F)c2F)C(=O)CC1. The topological polar surface area (TPSA) is 61.8 Å². The summed E-state index contributed by atoms with van der Waals surface area (Å²) in [5.41, 5.74) is -1.06. The number of hydrogen-bond acceptors (Lipinski definition) is 3. The molecular weight excluding hydrogens is 354 g/mol. The number of benzene rings is 2.